The summed E-state index contributed by atoms with van der Waals surface area (Å²) in [5.41, 5.74) is 8.21. The Labute approximate surface area is 203 Å². The second-order valence-electron chi connectivity index (χ2n) is 8.96. The summed E-state index contributed by atoms with van der Waals surface area (Å²) in [6.45, 7) is 2.22. The van der Waals surface area contributed by atoms with E-state index in [-0.39, 0.29) is 23.7 Å². The van der Waals surface area contributed by atoms with Crippen molar-refractivity contribution in [2.45, 2.75) is 57.8 Å². The van der Waals surface area contributed by atoms with Gasteiger partial charge < -0.3 is 15.2 Å². The number of hydrogen-bond acceptors (Lipinski definition) is 5. The van der Waals surface area contributed by atoms with Crippen LogP contribution in [0.1, 0.15) is 68.9 Å². The Kier molecular flexibility index (Phi) is 7.39. The third-order valence-electron chi connectivity index (χ3n) is 6.74. The summed E-state index contributed by atoms with van der Waals surface area (Å²) in [4.78, 5) is 12.8. The maximum Gasteiger partial charge on any atom is 0.314 e. The van der Waals surface area contributed by atoms with Gasteiger partial charge in [-0.3, -0.25) is 4.79 Å². The number of rotatable bonds is 6. The molecule has 6 heteroatoms. The summed E-state index contributed by atoms with van der Waals surface area (Å²) in [5.74, 6) is 1.18. The maximum atomic E-state index is 12.8. The molecule has 1 aliphatic carbocycles. The number of fused-ring (bicyclic) bond motifs is 1. The van der Waals surface area contributed by atoms with Gasteiger partial charge in [0.15, 0.2) is 0 Å². The topological polar surface area (TPSA) is 85.3 Å². The molecule has 0 amide bonds. The zero-order valence-corrected chi connectivity index (χ0v) is 20.4. The van der Waals surface area contributed by atoms with Crippen LogP contribution < -0.4 is 15.2 Å². The Morgan fingerprint density at radius 1 is 1.21 bits per heavy atom. The highest BCUT2D eigenvalue weighted by Gasteiger charge is 2.32. The van der Waals surface area contributed by atoms with Crippen LogP contribution in [0.2, 0.25) is 0 Å². The third kappa shape index (κ3) is 5.25. The summed E-state index contributed by atoms with van der Waals surface area (Å²) in [6, 6.07) is 15.3. The van der Waals surface area contributed by atoms with E-state index in [0.29, 0.717) is 17.1 Å². The van der Waals surface area contributed by atoms with E-state index in [1.807, 2.05) is 30.3 Å². The minimum atomic E-state index is -0.348. The number of halogens is 1. The lowest BCUT2D eigenvalue weighted by Gasteiger charge is -2.28. The SMILES string of the molecule is CCCCC1CCC(C(=O)Oc2ccc3c(c2)OC(N)=C(C#N)C3c2cccc(Br)c2)CC1. The predicted octanol–water partition coefficient (Wildman–Crippen LogP) is 6.57. The fraction of sp³-hybridized carbons (Fsp3) is 0.407. The Balaban J connectivity index is 1.51. The number of ether oxygens (including phenoxy) is 2. The molecular formula is C27H29BrN2O3. The minimum Gasteiger partial charge on any atom is -0.440 e. The highest BCUT2D eigenvalue weighted by molar-refractivity contribution is 9.10. The van der Waals surface area contributed by atoms with Crippen molar-refractivity contribution in [2.75, 3.05) is 0 Å². The molecule has 4 rings (SSSR count). The normalized spacial score (nSPS) is 22.2. The number of nitriles is 1. The van der Waals surface area contributed by atoms with Crippen molar-refractivity contribution in [2.24, 2.45) is 17.6 Å². The van der Waals surface area contributed by atoms with E-state index in [0.717, 1.165) is 47.2 Å². The molecule has 0 bridgehead atoms. The van der Waals surface area contributed by atoms with Gasteiger partial charge in [-0.15, -0.1) is 0 Å². The molecule has 0 radical (unpaired) electrons. The van der Waals surface area contributed by atoms with Gasteiger partial charge in [0.05, 0.1) is 11.8 Å². The number of carbonyl (C=O) groups excluding carboxylic acids is 1. The fourth-order valence-corrected chi connectivity index (χ4v) is 5.32. The van der Waals surface area contributed by atoms with E-state index in [9.17, 15) is 10.1 Å². The van der Waals surface area contributed by atoms with E-state index in [4.69, 9.17) is 15.2 Å². The van der Waals surface area contributed by atoms with Crippen LogP contribution in [0, 0.1) is 23.2 Å². The maximum absolute atomic E-state index is 12.8. The smallest absolute Gasteiger partial charge is 0.314 e. The van der Waals surface area contributed by atoms with E-state index in [2.05, 4.69) is 28.9 Å². The zero-order valence-electron chi connectivity index (χ0n) is 18.9. The monoisotopic (exact) mass is 508 g/mol. The zero-order chi connectivity index (χ0) is 23.4. The van der Waals surface area contributed by atoms with E-state index >= 15 is 0 Å². The second kappa shape index (κ2) is 10.4. The Bertz CT molecular complexity index is 1100. The Morgan fingerprint density at radius 2 is 2.00 bits per heavy atom. The number of nitrogens with zero attached hydrogens (tertiary/aromatic N) is 1. The largest absolute Gasteiger partial charge is 0.440 e. The number of esters is 1. The fourth-order valence-electron chi connectivity index (χ4n) is 4.91. The minimum absolute atomic E-state index is 0.0515. The van der Waals surface area contributed by atoms with Crippen molar-refractivity contribution in [1.29, 1.82) is 5.26 Å². The van der Waals surface area contributed by atoms with Crippen LogP contribution in [0.15, 0.2) is 58.4 Å². The predicted molar refractivity (Wildman–Crippen MR) is 130 cm³/mol. The first-order valence-corrected chi connectivity index (χ1v) is 12.5. The Hall–Kier alpha value is -2.78. The van der Waals surface area contributed by atoms with Crippen LogP contribution in [-0.2, 0) is 4.79 Å². The van der Waals surface area contributed by atoms with Crippen LogP contribution >= 0.6 is 15.9 Å². The average molecular weight is 509 g/mol. The summed E-state index contributed by atoms with van der Waals surface area (Å²) >= 11 is 3.50. The molecule has 2 aromatic carbocycles. The van der Waals surface area contributed by atoms with Gasteiger partial charge in [-0.25, -0.2) is 0 Å². The van der Waals surface area contributed by atoms with Crippen LogP contribution in [-0.4, -0.2) is 5.97 Å². The van der Waals surface area contributed by atoms with Gasteiger partial charge in [0.25, 0.3) is 0 Å². The lowest BCUT2D eigenvalue weighted by atomic mass is 9.80. The van der Waals surface area contributed by atoms with Crippen molar-refractivity contribution in [3.63, 3.8) is 0 Å². The van der Waals surface area contributed by atoms with Crippen LogP contribution in [0.4, 0.5) is 0 Å². The first-order chi connectivity index (χ1) is 16.0. The molecule has 0 aromatic heterocycles. The number of nitrogens with two attached hydrogens (primary N) is 1. The van der Waals surface area contributed by atoms with Crippen molar-refractivity contribution < 1.29 is 14.3 Å². The molecule has 0 spiro atoms. The molecule has 1 heterocycles. The number of unbranched alkanes of at least 4 members (excludes halogenated alkanes) is 1. The molecular weight excluding hydrogens is 480 g/mol. The number of carbonyl (C=O) groups is 1. The summed E-state index contributed by atoms with van der Waals surface area (Å²) in [7, 11) is 0. The molecule has 2 aromatic rings. The van der Waals surface area contributed by atoms with Gasteiger partial charge in [0.1, 0.15) is 23.1 Å². The highest BCUT2D eigenvalue weighted by Crippen LogP contribution is 2.44. The number of allylic oxidation sites excluding steroid dienone is 1. The van der Waals surface area contributed by atoms with Gasteiger partial charge in [-0.05, 0) is 55.4 Å². The molecule has 1 aliphatic heterocycles. The van der Waals surface area contributed by atoms with Crippen LogP contribution in [0.3, 0.4) is 0 Å². The molecule has 33 heavy (non-hydrogen) atoms. The first kappa shape index (κ1) is 23.4. The molecule has 2 aliphatic rings. The molecule has 1 atom stereocenters. The van der Waals surface area contributed by atoms with E-state index in [1.165, 1.54) is 19.3 Å². The molecule has 172 valence electrons. The van der Waals surface area contributed by atoms with E-state index < -0.39 is 0 Å². The standard InChI is InChI=1S/C27H29BrN2O3/c1-2-3-5-17-8-10-18(11-9-17)27(31)32-21-12-13-22-24(15-21)33-26(30)23(16-29)25(22)19-6-4-7-20(28)14-19/h4,6-7,12-15,17-18,25H,2-3,5,8-11,30H2,1H3. The van der Waals surface area contributed by atoms with Gasteiger partial charge in [-0.1, -0.05) is 60.3 Å². The molecule has 1 saturated carbocycles. The molecule has 0 saturated heterocycles. The molecule has 2 N–H and O–H groups in total. The summed E-state index contributed by atoms with van der Waals surface area (Å²) in [5, 5.41) is 9.72. The van der Waals surface area contributed by atoms with Crippen LogP contribution in [0.5, 0.6) is 11.5 Å². The van der Waals surface area contributed by atoms with Crippen molar-refractivity contribution in [1.82, 2.24) is 0 Å². The van der Waals surface area contributed by atoms with Crippen molar-refractivity contribution in [3.05, 3.63) is 69.5 Å². The van der Waals surface area contributed by atoms with Gasteiger partial charge in [0.2, 0.25) is 5.88 Å². The van der Waals surface area contributed by atoms with Gasteiger partial charge in [-0.2, -0.15) is 5.26 Å². The van der Waals surface area contributed by atoms with Crippen molar-refractivity contribution in [3.8, 4) is 17.6 Å². The van der Waals surface area contributed by atoms with E-state index in [1.54, 1.807) is 12.1 Å². The molecule has 1 fully saturated rings. The van der Waals surface area contributed by atoms with Gasteiger partial charge in [0, 0.05) is 16.1 Å². The number of hydrogen-bond donors (Lipinski definition) is 1. The molecule has 5 nitrogen and oxygen atoms in total. The lowest BCUT2D eigenvalue weighted by molar-refractivity contribution is -0.140. The first-order valence-electron chi connectivity index (χ1n) is 11.7. The quantitative estimate of drug-likeness (QED) is 0.352. The second-order valence-corrected chi connectivity index (χ2v) is 9.88. The summed E-state index contributed by atoms with van der Waals surface area (Å²) < 4.78 is 12.4. The average Bonchev–Trinajstić information content (AvgIpc) is 2.82. The summed E-state index contributed by atoms with van der Waals surface area (Å²) in [6.07, 6.45) is 7.72. The number of benzene rings is 2. The van der Waals surface area contributed by atoms with Gasteiger partial charge >= 0.3 is 5.97 Å². The Morgan fingerprint density at radius 3 is 2.70 bits per heavy atom. The van der Waals surface area contributed by atoms with Crippen LogP contribution in [0.25, 0.3) is 0 Å². The molecule has 1 unspecified atom stereocenters. The highest BCUT2D eigenvalue weighted by atomic mass is 79.9. The lowest BCUT2D eigenvalue weighted by Crippen LogP contribution is -2.26. The van der Waals surface area contributed by atoms with Crippen molar-refractivity contribution >= 4 is 21.9 Å². The third-order valence-corrected chi connectivity index (χ3v) is 7.23.